The van der Waals surface area contributed by atoms with E-state index >= 15 is 0 Å². The largest absolute Gasteiger partial charge is 0.497 e. The van der Waals surface area contributed by atoms with Gasteiger partial charge in [-0.2, -0.15) is 0 Å². The van der Waals surface area contributed by atoms with Gasteiger partial charge in [-0.25, -0.2) is 4.98 Å². The Balaban J connectivity index is 1.61. The zero-order valence-electron chi connectivity index (χ0n) is 18.3. The van der Waals surface area contributed by atoms with Crippen LogP contribution in [0.3, 0.4) is 0 Å². The number of nitrogens with zero attached hydrogens (tertiary/aromatic N) is 1. The molecule has 3 aromatic rings. The monoisotopic (exact) mass is 428 g/mol. The summed E-state index contributed by atoms with van der Waals surface area (Å²) in [6.07, 6.45) is 3.19. The topological polar surface area (TPSA) is 68.7 Å². The molecule has 1 unspecified atom stereocenters. The van der Waals surface area contributed by atoms with Gasteiger partial charge in [0.2, 0.25) is 0 Å². The molecule has 7 heteroatoms. The molecule has 1 aromatic carbocycles. The van der Waals surface area contributed by atoms with Crippen molar-refractivity contribution < 1.29 is 14.4 Å². The summed E-state index contributed by atoms with van der Waals surface area (Å²) in [5.41, 5.74) is 2.32. The first kappa shape index (κ1) is 20.9. The number of quaternary nitrogens is 1. The highest BCUT2D eigenvalue weighted by Gasteiger charge is 2.26. The SMILES string of the molecule is COc1ccc(C[NH+](C)[C@@H](C)c2nc3sc4c(c3c(=O)[nH]2)CC[C@H](C)C4)c(OC)c1. The number of fused-ring (bicyclic) bond motifs is 3. The molecule has 0 aliphatic heterocycles. The molecule has 3 atom stereocenters. The standard InChI is InChI=1S/C23H29N3O3S/c1-13-6-9-17-19(10-13)30-23-20(17)22(27)24-21(25-23)14(2)26(3)12-15-7-8-16(28-4)11-18(15)29-5/h7-8,11,13-14H,6,9-10,12H2,1-5H3,(H,24,25,27)/p+1/t13-,14-/m0/s1. The highest BCUT2D eigenvalue weighted by molar-refractivity contribution is 7.18. The first-order chi connectivity index (χ1) is 14.4. The summed E-state index contributed by atoms with van der Waals surface area (Å²) in [5, 5.41) is 0.812. The fourth-order valence-corrected chi connectivity index (χ4v) is 5.65. The van der Waals surface area contributed by atoms with Crippen LogP contribution in [0, 0.1) is 5.92 Å². The number of rotatable bonds is 6. The number of H-pyrrole nitrogens is 1. The normalized spacial score (nSPS) is 18.1. The molecule has 1 aliphatic rings. The van der Waals surface area contributed by atoms with E-state index in [4.69, 9.17) is 14.5 Å². The molecule has 0 bridgehead atoms. The van der Waals surface area contributed by atoms with Crippen molar-refractivity contribution in [3.8, 4) is 11.5 Å². The minimum atomic E-state index is 0.00345. The van der Waals surface area contributed by atoms with Crippen LogP contribution in [0.5, 0.6) is 11.5 Å². The number of nitrogens with one attached hydrogen (secondary N) is 2. The van der Waals surface area contributed by atoms with Gasteiger partial charge in [0.25, 0.3) is 5.56 Å². The summed E-state index contributed by atoms with van der Waals surface area (Å²) in [4.78, 5) is 24.4. The lowest BCUT2D eigenvalue weighted by molar-refractivity contribution is -0.924. The molecule has 0 spiro atoms. The van der Waals surface area contributed by atoms with Gasteiger partial charge in [-0.05, 0) is 49.8 Å². The van der Waals surface area contributed by atoms with Crippen LogP contribution < -0.4 is 19.9 Å². The smallest absolute Gasteiger partial charge is 0.260 e. The number of hydrogen-bond acceptors (Lipinski definition) is 5. The molecule has 0 radical (unpaired) electrons. The molecular weight excluding hydrogens is 398 g/mol. The van der Waals surface area contributed by atoms with E-state index in [2.05, 4.69) is 25.9 Å². The molecule has 2 heterocycles. The van der Waals surface area contributed by atoms with E-state index in [0.29, 0.717) is 5.92 Å². The third-order valence-corrected chi connectivity index (χ3v) is 7.44. The fraction of sp³-hybridized carbons (Fsp3) is 0.478. The molecular formula is C23H30N3O3S+. The Labute approximate surface area is 180 Å². The Bertz CT molecular complexity index is 1120. The van der Waals surface area contributed by atoms with E-state index in [1.165, 1.54) is 15.3 Å². The fourth-order valence-electron chi connectivity index (χ4n) is 4.26. The average Bonchev–Trinajstić information content (AvgIpc) is 3.11. The van der Waals surface area contributed by atoms with Crippen LogP contribution in [0.25, 0.3) is 10.2 Å². The van der Waals surface area contributed by atoms with Crippen LogP contribution in [0.1, 0.15) is 48.1 Å². The van der Waals surface area contributed by atoms with E-state index in [0.717, 1.165) is 58.9 Å². The third-order valence-electron chi connectivity index (χ3n) is 6.30. The van der Waals surface area contributed by atoms with Gasteiger partial charge in [0, 0.05) is 16.5 Å². The van der Waals surface area contributed by atoms with Gasteiger partial charge in [0.05, 0.1) is 26.7 Å². The van der Waals surface area contributed by atoms with Crippen molar-refractivity contribution in [1.82, 2.24) is 9.97 Å². The molecule has 30 heavy (non-hydrogen) atoms. The second-order valence-electron chi connectivity index (χ2n) is 8.41. The van der Waals surface area contributed by atoms with Crippen molar-refractivity contribution in [1.29, 1.82) is 0 Å². The molecule has 160 valence electrons. The summed E-state index contributed by atoms with van der Waals surface area (Å²) in [6, 6.07) is 5.91. The maximum Gasteiger partial charge on any atom is 0.260 e. The predicted molar refractivity (Wildman–Crippen MR) is 120 cm³/mol. The Morgan fingerprint density at radius 3 is 2.87 bits per heavy atom. The van der Waals surface area contributed by atoms with Crippen LogP contribution >= 0.6 is 11.3 Å². The van der Waals surface area contributed by atoms with Gasteiger partial charge in [0.1, 0.15) is 28.9 Å². The van der Waals surface area contributed by atoms with Gasteiger partial charge in [-0.15, -0.1) is 11.3 Å². The average molecular weight is 429 g/mol. The maximum absolute atomic E-state index is 12.9. The molecule has 0 saturated carbocycles. The summed E-state index contributed by atoms with van der Waals surface area (Å²) < 4.78 is 10.8. The highest BCUT2D eigenvalue weighted by Crippen LogP contribution is 2.35. The second kappa shape index (κ2) is 8.40. The van der Waals surface area contributed by atoms with Crippen molar-refractivity contribution in [3.63, 3.8) is 0 Å². The summed E-state index contributed by atoms with van der Waals surface area (Å²) in [6.45, 7) is 5.13. The Kier molecular flexibility index (Phi) is 5.84. The van der Waals surface area contributed by atoms with Gasteiger partial charge in [-0.3, -0.25) is 4.79 Å². The number of hydrogen-bond donors (Lipinski definition) is 2. The molecule has 6 nitrogen and oxygen atoms in total. The highest BCUT2D eigenvalue weighted by atomic mass is 32.1. The maximum atomic E-state index is 12.9. The number of aromatic amines is 1. The summed E-state index contributed by atoms with van der Waals surface area (Å²) >= 11 is 1.70. The lowest BCUT2D eigenvalue weighted by Gasteiger charge is -2.22. The number of methoxy groups -OCH3 is 2. The molecule has 0 amide bonds. The minimum absolute atomic E-state index is 0.00345. The summed E-state index contributed by atoms with van der Waals surface area (Å²) in [7, 11) is 5.43. The van der Waals surface area contributed by atoms with E-state index < -0.39 is 0 Å². The van der Waals surface area contributed by atoms with Gasteiger partial charge >= 0.3 is 0 Å². The number of aromatic nitrogens is 2. The molecule has 4 rings (SSSR count). The Morgan fingerprint density at radius 2 is 2.13 bits per heavy atom. The van der Waals surface area contributed by atoms with Crippen molar-refractivity contribution in [3.05, 3.63) is 50.4 Å². The van der Waals surface area contributed by atoms with Crippen molar-refractivity contribution in [2.45, 2.75) is 45.7 Å². The number of thiophene rings is 1. The molecule has 2 aromatic heterocycles. The Morgan fingerprint density at radius 1 is 1.33 bits per heavy atom. The van der Waals surface area contributed by atoms with Crippen LogP contribution in [-0.4, -0.2) is 31.2 Å². The Hall–Kier alpha value is -2.38. The zero-order chi connectivity index (χ0) is 21.4. The minimum Gasteiger partial charge on any atom is -0.497 e. The van der Waals surface area contributed by atoms with Crippen LogP contribution in [0.2, 0.25) is 0 Å². The lowest BCUT2D eigenvalue weighted by atomic mass is 9.89. The van der Waals surface area contributed by atoms with Gasteiger partial charge in [0.15, 0.2) is 5.82 Å². The van der Waals surface area contributed by atoms with Gasteiger partial charge in [-0.1, -0.05) is 6.92 Å². The van der Waals surface area contributed by atoms with Crippen molar-refractivity contribution in [2.75, 3.05) is 21.3 Å². The number of benzene rings is 1. The molecule has 1 aliphatic carbocycles. The van der Waals surface area contributed by atoms with Crippen molar-refractivity contribution in [2.24, 2.45) is 5.92 Å². The number of ether oxygens (including phenoxy) is 2. The molecule has 0 saturated heterocycles. The van der Waals surface area contributed by atoms with E-state index in [1.807, 2.05) is 18.2 Å². The number of aryl methyl sites for hydroxylation is 1. The summed E-state index contributed by atoms with van der Waals surface area (Å²) in [5.74, 6) is 2.99. The van der Waals surface area contributed by atoms with E-state index in [9.17, 15) is 4.79 Å². The first-order valence-electron chi connectivity index (χ1n) is 10.5. The lowest BCUT2D eigenvalue weighted by Crippen LogP contribution is -3.07. The van der Waals surface area contributed by atoms with Crippen LogP contribution in [0.15, 0.2) is 23.0 Å². The molecule has 2 N–H and O–H groups in total. The van der Waals surface area contributed by atoms with Crippen LogP contribution in [0.4, 0.5) is 0 Å². The van der Waals surface area contributed by atoms with E-state index in [-0.39, 0.29) is 11.6 Å². The molecule has 0 fully saturated rings. The first-order valence-corrected chi connectivity index (χ1v) is 11.3. The quantitative estimate of drug-likeness (QED) is 0.634. The second-order valence-corrected chi connectivity index (χ2v) is 9.49. The van der Waals surface area contributed by atoms with E-state index in [1.54, 1.807) is 25.6 Å². The van der Waals surface area contributed by atoms with Gasteiger partial charge < -0.3 is 19.4 Å². The predicted octanol–water partition coefficient (Wildman–Crippen LogP) is 2.90. The third kappa shape index (κ3) is 3.84. The van der Waals surface area contributed by atoms with Crippen LogP contribution in [-0.2, 0) is 19.4 Å². The van der Waals surface area contributed by atoms with Crippen molar-refractivity contribution >= 4 is 21.6 Å². The zero-order valence-corrected chi connectivity index (χ0v) is 19.1.